The molecule has 2 aliphatic heterocycles. The summed E-state index contributed by atoms with van der Waals surface area (Å²) in [5, 5.41) is 0. The largest absolute Gasteiger partial charge is 0.454 e. The lowest BCUT2D eigenvalue weighted by atomic mass is 10.0. The van der Waals surface area contributed by atoms with E-state index in [1.54, 1.807) is 0 Å². The number of hydrogen-bond donors (Lipinski definition) is 0. The number of anilines is 1. The van der Waals surface area contributed by atoms with E-state index in [2.05, 4.69) is 30.9 Å². The van der Waals surface area contributed by atoms with Crippen molar-refractivity contribution in [3.8, 4) is 11.5 Å². The van der Waals surface area contributed by atoms with Gasteiger partial charge in [-0.25, -0.2) is 0 Å². The molecule has 1 unspecified atom stereocenters. The van der Waals surface area contributed by atoms with Crippen LogP contribution in [0, 0.1) is 5.92 Å². The third kappa shape index (κ3) is 1.84. The molecule has 0 aromatic heterocycles. The molecule has 0 N–H and O–H groups in total. The predicted octanol–water partition coefficient (Wildman–Crippen LogP) is 3.04. The van der Waals surface area contributed by atoms with Crippen molar-refractivity contribution in [2.24, 2.45) is 5.92 Å². The van der Waals surface area contributed by atoms with Crippen LogP contribution in [0.5, 0.6) is 11.5 Å². The van der Waals surface area contributed by atoms with Crippen molar-refractivity contribution >= 4 is 5.69 Å². The van der Waals surface area contributed by atoms with Crippen LogP contribution in [0.4, 0.5) is 5.69 Å². The number of nitrogens with zero attached hydrogens (tertiary/aromatic N) is 1. The van der Waals surface area contributed by atoms with Crippen LogP contribution in [-0.4, -0.2) is 19.4 Å². The van der Waals surface area contributed by atoms with Crippen LogP contribution in [0.3, 0.4) is 0 Å². The molecule has 17 heavy (non-hydrogen) atoms. The summed E-state index contributed by atoms with van der Waals surface area (Å²) >= 11 is 0. The molecule has 2 heterocycles. The Morgan fingerprint density at radius 1 is 1.24 bits per heavy atom. The molecule has 0 spiro atoms. The van der Waals surface area contributed by atoms with Gasteiger partial charge < -0.3 is 14.4 Å². The first kappa shape index (κ1) is 10.8. The zero-order valence-corrected chi connectivity index (χ0v) is 10.5. The summed E-state index contributed by atoms with van der Waals surface area (Å²) in [6, 6.07) is 6.94. The highest BCUT2D eigenvalue weighted by atomic mass is 16.7. The van der Waals surface area contributed by atoms with E-state index in [1.807, 2.05) is 6.07 Å². The van der Waals surface area contributed by atoms with Gasteiger partial charge in [0.2, 0.25) is 6.79 Å². The van der Waals surface area contributed by atoms with Crippen LogP contribution in [0.2, 0.25) is 0 Å². The van der Waals surface area contributed by atoms with Gasteiger partial charge in [0.15, 0.2) is 11.5 Å². The lowest BCUT2D eigenvalue weighted by molar-refractivity contribution is 0.174. The Kier molecular flexibility index (Phi) is 2.61. The quantitative estimate of drug-likeness (QED) is 0.783. The smallest absolute Gasteiger partial charge is 0.231 e. The molecule has 1 atom stereocenters. The minimum Gasteiger partial charge on any atom is -0.454 e. The van der Waals surface area contributed by atoms with Crippen LogP contribution in [0.15, 0.2) is 18.2 Å². The van der Waals surface area contributed by atoms with Gasteiger partial charge in [-0.15, -0.1) is 0 Å². The molecule has 2 aliphatic rings. The summed E-state index contributed by atoms with van der Waals surface area (Å²) < 4.78 is 10.8. The molecule has 3 rings (SSSR count). The first-order chi connectivity index (χ1) is 8.25. The van der Waals surface area contributed by atoms with Gasteiger partial charge in [-0.3, -0.25) is 0 Å². The molecule has 1 aromatic rings. The van der Waals surface area contributed by atoms with E-state index in [1.165, 1.54) is 18.5 Å². The Bertz CT molecular complexity index is 417. The molecule has 0 radical (unpaired) electrons. The van der Waals surface area contributed by atoms with Gasteiger partial charge in [-0.05, 0) is 30.9 Å². The maximum atomic E-state index is 5.45. The SMILES string of the molecule is CC(C)C1CCCN1c1ccc2c(c1)OCO2. The number of hydrogen-bond acceptors (Lipinski definition) is 3. The number of benzene rings is 1. The van der Waals surface area contributed by atoms with E-state index in [9.17, 15) is 0 Å². The second kappa shape index (κ2) is 4.13. The minimum atomic E-state index is 0.354. The molecule has 3 nitrogen and oxygen atoms in total. The van der Waals surface area contributed by atoms with Gasteiger partial charge in [0.05, 0.1) is 0 Å². The van der Waals surface area contributed by atoms with Gasteiger partial charge in [0, 0.05) is 24.3 Å². The summed E-state index contributed by atoms with van der Waals surface area (Å²) in [6.07, 6.45) is 2.59. The van der Waals surface area contributed by atoms with E-state index in [0.717, 1.165) is 18.0 Å². The Morgan fingerprint density at radius 2 is 2.06 bits per heavy atom. The third-order valence-corrected chi connectivity index (χ3v) is 3.76. The summed E-state index contributed by atoms with van der Waals surface area (Å²) in [5.74, 6) is 2.45. The molecular formula is C14H19NO2. The van der Waals surface area contributed by atoms with Crippen molar-refractivity contribution in [1.82, 2.24) is 0 Å². The monoisotopic (exact) mass is 233 g/mol. The molecule has 0 saturated carbocycles. The fraction of sp³-hybridized carbons (Fsp3) is 0.571. The van der Waals surface area contributed by atoms with Gasteiger partial charge in [-0.2, -0.15) is 0 Å². The van der Waals surface area contributed by atoms with Crippen LogP contribution in [0.25, 0.3) is 0 Å². The number of ether oxygens (including phenoxy) is 2. The van der Waals surface area contributed by atoms with Crippen molar-refractivity contribution in [2.75, 3.05) is 18.2 Å². The minimum absolute atomic E-state index is 0.354. The molecule has 0 bridgehead atoms. The summed E-state index contributed by atoms with van der Waals surface area (Å²) in [5.41, 5.74) is 1.27. The second-order valence-corrected chi connectivity index (χ2v) is 5.18. The number of rotatable bonds is 2. The van der Waals surface area contributed by atoms with Gasteiger partial charge in [0.1, 0.15) is 0 Å². The predicted molar refractivity (Wildman–Crippen MR) is 67.8 cm³/mol. The first-order valence-corrected chi connectivity index (χ1v) is 6.42. The van der Waals surface area contributed by atoms with E-state index in [0.29, 0.717) is 18.8 Å². The van der Waals surface area contributed by atoms with Gasteiger partial charge in [-0.1, -0.05) is 13.8 Å². The average molecular weight is 233 g/mol. The van der Waals surface area contributed by atoms with Crippen LogP contribution in [0.1, 0.15) is 26.7 Å². The normalized spacial score (nSPS) is 22.5. The lowest BCUT2D eigenvalue weighted by Gasteiger charge is -2.29. The van der Waals surface area contributed by atoms with Gasteiger partial charge in [0.25, 0.3) is 0 Å². The molecule has 1 aromatic carbocycles. The highest BCUT2D eigenvalue weighted by Crippen LogP contribution is 2.38. The maximum Gasteiger partial charge on any atom is 0.231 e. The molecular weight excluding hydrogens is 214 g/mol. The number of fused-ring (bicyclic) bond motifs is 1. The van der Waals surface area contributed by atoms with Crippen molar-refractivity contribution in [3.63, 3.8) is 0 Å². The second-order valence-electron chi connectivity index (χ2n) is 5.18. The van der Waals surface area contributed by atoms with E-state index < -0.39 is 0 Å². The first-order valence-electron chi connectivity index (χ1n) is 6.42. The lowest BCUT2D eigenvalue weighted by Crippen LogP contribution is -2.33. The third-order valence-electron chi connectivity index (χ3n) is 3.76. The molecule has 1 saturated heterocycles. The summed E-state index contributed by atoms with van der Waals surface area (Å²) in [6.45, 7) is 6.11. The topological polar surface area (TPSA) is 21.7 Å². The summed E-state index contributed by atoms with van der Waals surface area (Å²) in [4.78, 5) is 2.51. The van der Waals surface area contributed by atoms with Crippen LogP contribution in [-0.2, 0) is 0 Å². The van der Waals surface area contributed by atoms with Gasteiger partial charge >= 0.3 is 0 Å². The Labute approximate surface area is 102 Å². The molecule has 0 aliphatic carbocycles. The van der Waals surface area contributed by atoms with Crippen molar-refractivity contribution in [1.29, 1.82) is 0 Å². The van der Waals surface area contributed by atoms with E-state index in [-0.39, 0.29) is 0 Å². The Hall–Kier alpha value is -1.38. The zero-order chi connectivity index (χ0) is 11.8. The Morgan fingerprint density at radius 3 is 2.88 bits per heavy atom. The van der Waals surface area contributed by atoms with Crippen molar-refractivity contribution in [3.05, 3.63) is 18.2 Å². The van der Waals surface area contributed by atoms with E-state index >= 15 is 0 Å². The standard InChI is InChI=1S/C14H19NO2/c1-10(2)12-4-3-7-15(12)11-5-6-13-14(8-11)17-9-16-13/h5-6,8,10,12H,3-4,7,9H2,1-2H3. The molecule has 0 amide bonds. The van der Waals surface area contributed by atoms with E-state index in [4.69, 9.17) is 9.47 Å². The molecule has 1 fully saturated rings. The highest BCUT2D eigenvalue weighted by Gasteiger charge is 2.28. The fourth-order valence-corrected chi connectivity index (χ4v) is 2.87. The summed E-state index contributed by atoms with van der Waals surface area (Å²) in [7, 11) is 0. The molecule has 3 heteroatoms. The van der Waals surface area contributed by atoms with Crippen molar-refractivity contribution in [2.45, 2.75) is 32.7 Å². The fourth-order valence-electron chi connectivity index (χ4n) is 2.87. The van der Waals surface area contributed by atoms with Crippen LogP contribution >= 0.6 is 0 Å². The van der Waals surface area contributed by atoms with Crippen molar-refractivity contribution < 1.29 is 9.47 Å². The maximum absolute atomic E-state index is 5.45. The zero-order valence-electron chi connectivity index (χ0n) is 10.5. The van der Waals surface area contributed by atoms with Crippen LogP contribution < -0.4 is 14.4 Å². The molecule has 92 valence electrons. The highest BCUT2D eigenvalue weighted by molar-refractivity contribution is 5.58. The average Bonchev–Trinajstić information content (AvgIpc) is 2.96. The Balaban J connectivity index is 1.88.